The number of hydrogen-bond acceptors (Lipinski definition) is 9. The fourth-order valence-electron chi connectivity index (χ4n) is 7.31. The van der Waals surface area contributed by atoms with E-state index in [4.69, 9.17) is 5.73 Å². The zero-order valence-corrected chi connectivity index (χ0v) is 22.7. The molecule has 13 heteroatoms. The van der Waals surface area contributed by atoms with E-state index < -0.39 is 93.1 Å². The van der Waals surface area contributed by atoms with Gasteiger partial charge in [0.05, 0.1) is 17.2 Å². The molecule has 222 valence electrons. The van der Waals surface area contributed by atoms with Crippen molar-refractivity contribution in [1.29, 1.82) is 0 Å². The summed E-state index contributed by atoms with van der Waals surface area (Å²) in [6.07, 6.45) is -3.94. The van der Waals surface area contributed by atoms with E-state index in [2.05, 4.69) is 0 Å². The van der Waals surface area contributed by atoms with Gasteiger partial charge < -0.3 is 26.2 Å². The number of fused-ring (bicyclic) bond motifs is 3. The lowest BCUT2D eigenvalue weighted by atomic mass is 9.57. The lowest BCUT2D eigenvalue weighted by molar-refractivity contribution is -0.153. The third-order valence-electron chi connectivity index (χ3n) is 9.15. The summed E-state index contributed by atoms with van der Waals surface area (Å²) < 4.78 is 43.9. The number of halogens is 3. The minimum atomic E-state index is -4.86. The van der Waals surface area contributed by atoms with Gasteiger partial charge in [-0.25, -0.2) is 0 Å². The maximum Gasteiger partial charge on any atom is 0.417 e. The number of carbonyl (C=O) groups excluding carboxylic acids is 3. The summed E-state index contributed by atoms with van der Waals surface area (Å²) in [6.45, 7) is 2.42. The molecule has 0 aromatic heterocycles. The second kappa shape index (κ2) is 9.57. The second-order valence-corrected chi connectivity index (χ2v) is 11.7. The molecule has 2 fully saturated rings. The first-order chi connectivity index (χ1) is 19.0. The van der Waals surface area contributed by atoms with Crippen molar-refractivity contribution in [2.75, 3.05) is 20.6 Å². The molecule has 0 spiro atoms. The third-order valence-corrected chi connectivity index (χ3v) is 9.15. The summed E-state index contributed by atoms with van der Waals surface area (Å²) in [6, 6.07) is -0.343. The Hall–Kier alpha value is -3.42. The maximum absolute atomic E-state index is 14.6. The number of likely N-dealkylation sites (N-methyl/N-ethyl adjacent to an activating group) is 1. The number of Topliss-reactive ketones (excluding diaryl/α,β-unsaturated/α-hetero) is 2. The van der Waals surface area contributed by atoms with E-state index >= 15 is 0 Å². The van der Waals surface area contributed by atoms with Crippen molar-refractivity contribution in [2.45, 2.75) is 63.0 Å². The van der Waals surface area contributed by atoms with Gasteiger partial charge in [0.15, 0.2) is 11.4 Å². The Morgan fingerprint density at radius 2 is 1.88 bits per heavy atom. The van der Waals surface area contributed by atoms with Crippen LogP contribution in [0.2, 0.25) is 0 Å². The van der Waals surface area contributed by atoms with E-state index in [1.54, 1.807) is 0 Å². The quantitative estimate of drug-likeness (QED) is 0.336. The number of hydrogen-bond donors (Lipinski definition) is 5. The lowest BCUT2D eigenvalue weighted by Crippen LogP contribution is -2.65. The van der Waals surface area contributed by atoms with Gasteiger partial charge in [0.25, 0.3) is 5.91 Å². The SMILES string of the molecule is C[C@H]1CCCN1Cc1cc(O)c2c(c1C(F)(F)F)C[C@H]1C[C@H]3[C@H](N(C)C)C(=O)C(C(N)=O)=C(O)[C@@]3(O)C(=O)C1=C2O. The minimum Gasteiger partial charge on any atom is -0.508 e. The highest BCUT2D eigenvalue weighted by Crippen LogP contribution is 2.54. The first kappa shape index (κ1) is 29.1. The normalized spacial score (nSPS) is 30.5. The van der Waals surface area contributed by atoms with Crippen molar-refractivity contribution in [3.05, 3.63) is 45.2 Å². The number of phenolic OH excluding ortho intramolecular Hbond substituents is 1. The van der Waals surface area contributed by atoms with Gasteiger partial charge in [0.2, 0.25) is 5.78 Å². The Bertz CT molecular complexity index is 1430. The summed E-state index contributed by atoms with van der Waals surface area (Å²) in [5, 5.41) is 44.7. The number of alkyl halides is 3. The minimum absolute atomic E-state index is 0.0423. The van der Waals surface area contributed by atoms with Crippen LogP contribution in [-0.2, 0) is 33.5 Å². The molecule has 5 rings (SSSR count). The van der Waals surface area contributed by atoms with Crippen LogP contribution in [0.5, 0.6) is 5.75 Å². The molecule has 0 unspecified atom stereocenters. The molecule has 4 aliphatic rings. The summed E-state index contributed by atoms with van der Waals surface area (Å²) in [5.74, 6) is -8.94. The largest absolute Gasteiger partial charge is 0.508 e. The summed E-state index contributed by atoms with van der Waals surface area (Å²) >= 11 is 0. The number of nitrogens with two attached hydrogens (primary N) is 1. The van der Waals surface area contributed by atoms with Gasteiger partial charge >= 0.3 is 6.18 Å². The number of rotatable bonds is 4. The van der Waals surface area contributed by atoms with Crippen LogP contribution in [-0.4, -0.2) is 86.0 Å². The average Bonchev–Trinajstić information content (AvgIpc) is 3.24. The van der Waals surface area contributed by atoms with E-state index in [1.807, 2.05) is 11.8 Å². The zero-order chi connectivity index (χ0) is 30.3. The molecule has 5 atom stereocenters. The lowest BCUT2D eigenvalue weighted by Gasteiger charge is -2.50. The van der Waals surface area contributed by atoms with Crippen LogP contribution in [0.15, 0.2) is 23.0 Å². The van der Waals surface area contributed by atoms with Crippen molar-refractivity contribution < 1.29 is 48.0 Å². The number of aliphatic hydroxyl groups excluding tert-OH is 2. The van der Waals surface area contributed by atoms with E-state index in [1.165, 1.54) is 19.0 Å². The average molecular weight is 580 g/mol. The van der Waals surface area contributed by atoms with Crippen LogP contribution in [0.3, 0.4) is 0 Å². The number of aliphatic hydroxyl groups is 3. The van der Waals surface area contributed by atoms with Gasteiger partial charge in [0, 0.05) is 24.1 Å². The van der Waals surface area contributed by atoms with Crippen LogP contribution in [0.25, 0.3) is 5.76 Å². The third kappa shape index (κ3) is 4.16. The van der Waals surface area contributed by atoms with Crippen LogP contribution < -0.4 is 5.73 Å². The Labute approximate surface area is 233 Å². The van der Waals surface area contributed by atoms with E-state index in [9.17, 15) is 48.0 Å². The number of ketones is 2. The topological polar surface area (TPSA) is 165 Å². The molecule has 1 saturated heterocycles. The predicted molar refractivity (Wildman–Crippen MR) is 138 cm³/mol. The molecule has 1 aliphatic heterocycles. The van der Waals surface area contributed by atoms with Crippen molar-refractivity contribution in [1.82, 2.24) is 9.80 Å². The van der Waals surface area contributed by atoms with E-state index in [0.717, 1.165) is 18.9 Å². The highest BCUT2D eigenvalue weighted by atomic mass is 19.4. The predicted octanol–water partition coefficient (Wildman–Crippen LogP) is 1.97. The van der Waals surface area contributed by atoms with Crippen molar-refractivity contribution in [3.63, 3.8) is 0 Å². The highest BCUT2D eigenvalue weighted by Gasteiger charge is 2.64. The molecule has 10 nitrogen and oxygen atoms in total. The molecule has 0 bridgehead atoms. The Morgan fingerprint density at radius 3 is 2.41 bits per heavy atom. The van der Waals surface area contributed by atoms with Crippen molar-refractivity contribution in [2.24, 2.45) is 17.6 Å². The Morgan fingerprint density at radius 1 is 1.22 bits per heavy atom. The van der Waals surface area contributed by atoms with Crippen LogP contribution in [0.1, 0.15) is 48.4 Å². The van der Waals surface area contributed by atoms with E-state index in [-0.39, 0.29) is 30.1 Å². The number of likely N-dealkylation sites (tertiary alicyclic amines) is 1. The standard InChI is InChI=1S/C28H32F3N3O7/c1-11-5-4-6-34(11)10-13-9-16(35)18-14(20(13)28(29,30)31)7-12-8-15-21(33(2)3)23(37)19(26(32)40)25(39)27(15,41)24(38)17(12)22(18)36/h9,11-12,15,21,35-36,39,41H,4-8,10H2,1-3H3,(H2,32,40)/t11-,12-,15-,21-,27-/m0/s1. The van der Waals surface area contributed by atoms with Gasteiger partial charge in [-0.15, -0.1) is 0 Å². The molecule has 6 N–H and O–H groups in total. The molecule has 0 radical (unpaired) electrons. The highest BCUT2D eigenvalue weighted by molar-refractivity contribution is 6.24. The monoisotopic (exact) mass is 579 g/mol. The van der Waals surface area contributed by atoms with Crippen LogP contribution in [0.4, 0.5) is 13.2 Å². The smallest absolute Gasteiger partial charge is 0.417 e. The number of aromatic hydroxyl groups is 1. The zero-order valence-electron chi connectivity index (χ0n) is 22.7. The Kier molecular flexibility index (Phi) is 6.79. The van der Waals surface area contributed by atoms with Crippen molar-refractivity contribution >= 4 is 23.2 Å². The fraction of sp³-hybridized carbons (Fsp3) is 0.536. The Balaban J connectivity index is 1.72. The first-order valence-corrected chi connectivity index (χ1v) is 13.3. The molecule has 3 aliphatic carbocycles. The van der Waals surface area contributed by atoms with Crippen molar-refractivity contribution in [3.8, 4) is 5.75 Å². The molecular formula is C28H32F3N3O7. The number of nitrogens with zero attached hydrogens (tertiary/aromatic N) is 2. The summed E-state index contributed by atoms with van der Waals surface area (Å²) in [7, 11) is 2.89. The van der Waals surface area contributed by atoms with Crippen LogP contribution in [0, 0.1) is 11.8 Å². The van der Waals surface area contributed by atoms with Gasteiger partial charge in [0.1, 0.15) is 22.8 Å². The summed E-state index contributed by atoms with van der Waals surface area (Å²) in [5.41, 5.74) is -1.16. The molecule has 1 heterocycles. The molecule has 1 amide bonds. The molecule has 1 aromatic carbocycles. The maximum atomic E-state index is 14.6. The fourth-order valence-corrected chi connectivity index (χ4v) is 7.31. The van der Waals surface area contributed by atoms with Gasteiger partial charge in [-0.2, -0.15) is 13.2 Å². The number of primary amides is 1. The van der Waals surface area contributed by atoms with Crippen LogP contribution >= 0.6 is 0 Å². The van der Waals surface area contributed by atoms with E-state index in [0.29, 0.717) is 6.54 Å². The molecule has 41 heavy (non-hydrogen) atoms. The molecule has 1 aromatic rings. The number of benzene rings is 1. The number of amides is 1. The molecule has 1 saturated carbocycles. The summed E-state index contributed by atoms with van der Waals surface area (Å²) in [4.78, 5) is 42.3. The number of phenols is 1. The second-order valence-electron chi connectivity index (χ2n) is 11.7. The number of carbonyl (C=O) groups is 3. The van der Waals surface area contributed by atoms with Gasteiger partial charge in [-0.05, 0) is 76.4 Å². The first-order valence-electron chi connectivity index (χ1n) is 13.3. The van der Waals surface area contributed by atoms with Gasteiger partial charge in [-0.1, -0.05) is 0 Å². The molecular weight excluding hydrogens is 547 g/mol. The van der Waals surface area contributed by atoms with Gasteiger partial charge in [-0.3, -0.25) is 24.2 Å².